The minimum atomic E-state index is -1.69. The number of benzene rings is 1. The van der Waals surface area contributed by atoms with E-state index >= 15 is 0 Å². The van der Waals surface area contributed by atoms with E-state index < -0.39 is 11.5 Å². The maximum atomic E-state index is 12.5. The molecule has 6 nitrogen and oxygen atoms in total. The molecule has 0 fully saturated rings. The van der Waals surface area contributed by atoms with Crippen molar-refractivity contribution in [3.8, 4) is 0 Å². The van der Waals surface area contributed by atoms with Crippen LogP contribution >= 0.6 is 0 Å². The molecule has 27 heavy (non-hydrogen) atoms. The lowest BCUT2D eigenvalue weighted by molar-refractivity contribution is -0.133. The molecule has 0 aliphatic heterocycles. The van der Waals surface area contributed by atoms with Crippen LogP contribution in [0.4, 0.5) is 5.69 Å². The van der Waals surface area contributed by atoms with Crippen molar-refractivity contribution >= 4 is 23.2 Å². The molecule has 6 heteroatoms. The first-order chi connectivity index (χ1) is 12.6. The number of aliphatic hydroxyl groups is 1. The van der Waals surface area contributed by atoms with Gasteiger partial charge in [-0.25, -0.2) is 0 Å². The third kappa shape index (κ3) is 4.40. The Labute approximate surface area is 159 Å². The summed E-state index contributed by atoms with van der Waals surface area (Å²) in [6.07, 6.45) is 0.172. The number of anilines is 1. The van der Waals surface area contributed by atoms with Crippen LogP contribution < -0.4 is 11.1 Å². The Morgan fingerprint density at radius 3 is 2.15 bits per heavy atom. The van der Waals surface area contributed by atoms with Gasteiger partial charge in [0.2, 0.25) is 0 Å². The first-order valence-corrected chi connectivity index (χ1v) is 8.88. The molecule has 1 aromatic rings. The van der Waals surface area contributed by atoms with Crippen molar-refractivity contribution in [1.29, 1.82) is 0 Å². The number of nitrogens with one attached hydrogen (secondary N) is 1. The predicted molar refractivity (Wildman–Crippen MR) is 104 cm³/mol. The van der Waals surface area contributed by atoms with Gasteiger partial charge in [0.25, 0.3) is 5.91 Å². The van der Waals surface area contributed by atoms with Crippen molar-refractivity contribution in [3.63, 3.8) is 0 Å². The summed E-state index contributed by atoms with van der Waals surface area (Å²) in [5.74, 6) is -0.927. The molecule has 1 amide bonds. The molecule has 144 valence electrons. The van der Waals surface area contributed by atoms with Crippen molar-refractivity contribution < 1.29 is 19.5 Å². The molecule has 0 saturated carbocycles. The Bertz CT molecular complexity index is 845. The first kappa shape index (κ1) is 20.7. The summed E-state index contributed by atoms with van der Waals surface area (Å²) >= 11 is 0. The second-order valence-corrected chi connectivity index (χ2v) is 7.14. The minimum absolute atomic E-state index is 0.0255. The number of Topliss-reactive ketones (excluding diaryl/α,β-unsaturated/α-hetero) is 2. The molecule has 0 bridgehead atoms. The van der Waals surface area contributed by atoms with E-state index in [-0.39, 0.29) is 24.4 Å². The van der Waals surface area contributed by atoms with E-state index in [0.29, 0.717) is 34.5 Å². The standard InChI is InChI=1S/C21H26N2O4/c1-12-13(2)19(25)17(14(3)18(12)24)9-10-21(4,27)20(26)23-16-7-5-15(11-22)6-8-16/h5-8,27H,9-11,22H2,1-4H3,(H,23,26). The largest absolute Gasteiger partial charge is 0.380 e. The number of carbonyl (C=O) groups is 3. The van der Waals surface area contributed by atoms with Crippen molar-refractivity contribution in [1.82, 2.24) is 0 Å². The van der Waals surface area contributed by atoms with E-state index in [1.54, 1.807) is 45.0 Å². The van der Waals surface area contributed by atoms with Gasteiger partial charge in [0, 0.05) is 34.5 Å². The van der Waals surface area contributed by atoms with Crippen molar-refractivity contribution in [2.24, 2.45) is 5.73 Å². The van der Waals surface area contributed by atoms with Crippen LogP contribution in [-0.2, 0) is 20.9 Å². The Morgan fingerprint density at radius 1 is 1.04 bits per heavy atom. The lowest BCUT2D eigenvalue weighted by Gasteiger charge is -2.25. The molecule has 0 spiro atoms. The zero-order valence-corrected chi connectivity index (χ0v) is 16.2. The molecule has 0 aromatic heterocycles. The summed E-state index contributed by atoms with van der Waals surface area (Å²) in [5.41, 5.74) is 6.96. The number of allylic oxidation sites excluding steroid dienone is 4. The quantitative estimate of drug-likeness (QED) is 0.666. The zero-order chi connectivity index (χ0) is 20.4. The Balaban J connectivity index is 2.08. The Hall–Kier alpha value is -2.57. The Kier molecular flexibility index (Phi) is 6.13. The van der Waals surface area contributed by atoms with Gasteiger partial charge in [-0.05, 0) is 58.2 Å². The van der Waals surface area contributed by atoms with E-state index in [4.69, 9.17) is 5.73 Å². The zero-order valence-electron chi connectivity index (χ0n) is 16.2. The number of rotatable bonds is 6. The average molecular weight is 370 g/mol. The van der Waals surface area contributed by atoms with Crippen LogP contribution in [-0.4, -0.2) is 28.2 Å². The van der Waals surface area contributed by atoms with Gasteiger partial charge >= 0.3 is 0 Å². The third-order valence-electron chi connectivity index (χ3n) is 5.11. The summed E-state index contributed by atoms with van der Waals surface area (Å²) in [5, 5.41) is 13.2. The molecule has 1 unspecified atom stereocenters. The molecule has 4 N–H and O–H groups in total. The maximum absolute atomic E-state index is 12.5. The van der Waals surface area contributed by atoms with Crippen LogP contribution in [0.2, 0.25) is 0 Å². The van der Waals surface area contributed by atoms with Gasteiger partial charge in [0.05, 0.1) is 0 Å². The molecule has 1 aromatic carbocycles. The fraction of sp³-hybridized carbons (Fsp3) is 0.381. The summed E-state index contributed by atoms with van der Waals surface area (Å²) in [7, 11) is 0. The second-order valence-electron chi connectivity index (χ2n) is 7.14. The van der Waals surface area contributed by atoms with Crippen LogP contribution in [0.25, 0.3) is 0 Å². The fourth-order valence-corrected chi connectivity index (χ4v) is 2.93. The number of ketones is 2. The highest BCUT2D eigenvalue weighted by Crippen LogP contribution is 2.29. The van der Waals surface area contributed by atoms with E-state index in [9.17, 15) is 19.5 Å². The molecule has 2 rings (SSSR count). The van der Waals surface area contributed by atoms with E-state index in [1.165, 1.54) is 6.92 Å². The molecular formula is C21H26N2O4. The first-order valence-electron chi connectivity index (χ1n) is 8.88. The molecular weight excluding hydrogens is 344 g/mol. The fourth-order valence-electron chi connectivity index (χ4n) is 2.93. The van der Waals surface area contributed by atoms with Gasteiger partial charge in [-0.3, -0.25) is 14.4 Å². The molecule has 1 atom stereocenters. The van der Waals surface area contributed by atoms with Crippen molar-refractivity contribution in [2.75, 3.05) is 5.32 Å². The number of amides is 1. The number of nitrogens with two attached hydrogens (primary N) is 1. The second kappa shape index (κ2) is 7.98. The van der Waals surface area contributed by atoms with Gasteiger partial charge in [-0.2, -0.15) is 0 Å². The van der Waals surface area contributed by atoms with Gasteiger partial charge in [-0.15, -0.1) is 0 Å². The van der Waals surface area contributed by atoms with Crippen molar-refractivity contribution in [2.45, 2.75) is 52.7 Å². The molecule has 0 saturated heterocycles. The summed E-state index contributed by atoms with van der Waals surface area (Å²) in [6, 6.07) is 7.01. The van der Waals surface area contributed by atoms with E-state index in [0.717, 1.165) is 5.56 Å². The van der Waals surface area contributed by atoms with Crippen molar-refractivity contribution in [3.05, 3.63) is 52.1 Å². The van der Waals surface area contributed by atoms with Crippen LogP contribution in [0.15, 0.2) is 46.6 Å². The SMILES string of the molecule is CC1=C(C)C(=O)C(CCC(C)(O)C(=O)Nc2ccc(CN)cc2)=C(C)C1=O. The van der Waals surface area contributed by atoms with Gasteiger partial charge in [0.1, 0.15) is 5.60 Å². The monoisotopic (exact) mass is 370 g/mol. The number of carbonyl (C=O) groups excluding carboxylic acids is 3. The van der Waals surface area contributed by atoms with E-state index in [2.05, 4.69) is 5.32 Å². The van der Waals surface area contributed by atoms with E-state index in [1.807, 2.05) is 0 Å². The van der Waals surface area contributed by atoms with Gasteiger partial charge < -0.3 is 16.2 Å². The number of hydrogen-bond acceptors (Lipinski definition) is 5. The topological polar surface area (TPSA) is 109 Å². The Morgan fingerprint density at radius 2 is 1.59 bits per heavy atom. The van der Waals surface area contributed by atoms with Crippen LogP contribution in [0.3, 0.4) is 0 Å². The molecule has 0 radical (unpaired) electrons. The lowest BCUT2D eigenvalue weighted by Crippen LogP contribution is -2.40. The highest BCUT2D eigenvalue weighted by Gasteiger charge is 2.33. The van der Waals surface area contributed by atoms with Crippen LogP contribution in [0, 0.1) is 0 Å². The highest BCUT2D eigenvalue weighted by molar-refractivity contribution is 6.24. The average Bonchev–Trinajstić information content (AvgIpc) is 2.65. The number of hydrogen-bond donors (Lipinski definition) is 3. The highest BCUT2D eigenvalue weighted by atomic mass is 16.3. The third-order valence-corrected chi connectivity index (χ3v) is 5.11. The predicted octanol–water partition coefficient (Wildman–Crippen LogP) is 2.42. The lowest BCUT2D eigenvalue weighted by atomic mass is 9.82. The molecule has 1 aliphatic rings. The van der Waals surface area contributed by atoms with Gasteiger partial charge in [0.15, 0.2) is 11.6 Å². The summed E-state index contributed by atoms with van der Waals surface area (Å²) < 4.78 is 0. The maximum Gasteiger partial charge on any atom is 0.256 e. The van der Waals surface area contributed by atoms with Crippen LogP contribution in [0.5, 0.6) is 0 Å². The van der Waals surface area contributed by atoms with Crippen LogP contribution in [0.1, 0.15) is 46.1 Å². The molecule has 1 aliphatic carbocycles. The van der Waals surface area contributed by atoms with Gasteiger partial charge in [-0.1, -0.05) is 12.1 Å². The summed E-state index contributed by atoms with van der Waals surface area (Å²) in [4.78, 5) is 37.1. The molecule has 0 heterocycles. The smallest absolute Gasteiger partial charge is 0.256 e. The summed E-state index contributed by atoms with van der Waals surface area (Å²) in [6.45, 7) is 6.67. The minimum Gasteiger partial charge on any atom is -0.380 e. The normalized spacial score (nSPS) is 17.3.